The highest BCUT2D eigenvalue weighted by Crippen LogP contribution is 2.45. The van der Waals surface area contributed by atoms with Crippen LogP contribution in [0.2, 0.25) is 0 Å². The number of nitrogen functional groups attached to an aromatic ring is 1. The van der Waals surface area contributed by atoms with Gasteiger partial charge in [-0.15, -0.1) is 0 Å². The van der Waals surface area contributed by atoms with Gasteiger partial charge in [0, 0.05) is 48.7 Å². The number of alkyl halides is 3. The monoisotopic (exact) mass is 497 g/mol. The first-order chi connectivity index (χ1) is 17.2. The number of nitrogens with one attached hydrogen (secondary N) is 1. The quantitative estimate of drug-likeness (QED) is 0.564. The maximum absolute atomic E-state index is 13.3. The standard InChI is InChI=1S/C25H26F3N7O/c26-25(27,28)17-11-16(13-31-22(17)29)19-12-20-24(7-10-35(20)33-19)6-9-34(14-24)23(36)32-21(15-4-5-15)18-3-1-2-8-30-18/h1-3,8,11-13,15,21H,4-7,9-10,14H2,(H2,29,31)(H,32,36). The Labute approximate surface area is 205 Å². The summed E-state index contributed by atoms with van der Waals surface area (Å²) in [6, 6.07) is 8.37. The van der Waals surface area contributed by atoms with Gasteiger partial charge in [0.1, 0.15) is 5.82 Å². The Morgan fingerprint density at radius 1 is 1.17 bits per heavy atom. The molecule has 2 amide bonds. The van der Waals surface area contributed by atoms with Crippen LogP contribution in [-0.4, -0.2) is 43.8 Å². The molecular formula is C25H26F3N7O. The number of carbonyl (C=O) groups is 1. The van der Waals surface area contributed by atoms with Gasteiger partial charge in [-0.1, -0.05) is 6.07 Å². The van der Waals surface area contributed by atoms with Crippen molar-refractivity contribution in [3.63, 3.8) is 0 Å². The number of likely N-dealkylation sites (tertiary alicyclic amines) is 1. The van der Waals surface area contributed by atoms with Gasteiger partial charge in [0.2, 0.25) is 0 Å². The van der Waals surface area contributed by atoms with E-state index in [0.29, 0.717) is 31.2 Å². The minimum atomic E-state index is -4.59. The van der Waals surface area contributed by atoms with Crippen LogP contribution in [0.15, 0.2) is 42.7 Å². The molecule has 1 spiro atoms. The largest absolute Gasteiger partial charge is 0.419 e. The van der Waals surface area contributed by atoms with Crippen molar-refractivity contribution in [2.45, 2.75) is 49.9 Å². The SMILES string of the molecule is Nc1ncc(-c2cc3n(n2)CCC32CCN(C(=O)NC(c3ccccn3)C3CC3)C2)cc1C(F)(F)F. The molecule has 3 aromatic rings. The van der Waals surface area contributed by atoms with E-state index in [2.05, 4.69) is 20.4 Å². The summed E-state index contributed by atoms with van der Waals surface area (Å²) in [6.07, 6.45) is 2.22. The number of hydrogen-bond donors (Lipinski definition) is 2. The topological polar surface area (TPSA) is 102 Å². The van der Waals surface area contributed by atoms with Crippen molar-refractivity contribution in [1.82, 2.24) is 30.0 Å². The second kappa shape index (κ2) is 8.21. The van der Waals surface area contributed by atoms with Crippen molar-refractivity contribution in [2.24, 2.45) is 5.92 Å². The van der Waals surface area contributed by atoms with Gasteiger partial charge in [-0.3, -0.25) is 9.67 Å². The Bertz CT molecular complexity index is 1300. The lowest BCUT2D eigenvalue weighted by Gasteiger charge is -2.26. The van der Waals surface area contributed by atoms with E-state index in [4.69, 9.17) is 5.73 Å². The van der Waals surface area contributed by atoms with Crippen molar-refractivity contribution in [3.8, 4) is 11.3 Å². The second-order valence-electron chi connectivity index (χ2n) is 10.0. The van der Waals surface area contributed by atoms with Crippen LogP contribution in [0.25, 0.3) is 11.3 Å². The fourth-order valence-electron chi connectivity index (χ4n) is 5.55. The van der Waals surface area contributed by atoms with Crippen LogP contribution in [0.4, 0.5) is 23.8 Å². The maximum Gasteiger partial charge on any atom is 0.419 e. The first-order valence-electron chi connectivity index (χ1n) is 12.1. The lowest BCUT2D eigenvalue weighted by molar-refractivity contribution is -0.137. The van der Waals surface area contributed by atoms with Crippen LogP contribution in [-0.2, 0) is 18.1 Å². The highest BCUT2D eigenvalue weighted by Gasteiger charge is 2.47. The van der Waals surface area contributed by atoms with Crippen LogP contribution < -0.4 is 11.1 Å². The molecule has 5 heterocycles. The molecule has 11 heteroatoms. The van der Waals surface area contributed by atoms with Crippen molar-refractivity contribution >= 4 is 11.8 Å². The third-order valence-corrected chi connectivity index (χ3v) is 7.66. The molecule has 188 valence electrons. The minimum Gasteiger partial charge on any atom is -0.383 e. The predicted molar refractivity (Wildman–Crippen MR) is 126 cm³/mol. The molecule has 1 saturated heterocycles. The molecule has 3 N–H and O–H groups in total. The predicted octanol–water partition coefficient (Wildman–Crippen LogP) is 4.15. The number of hydrogen-bond acceptors (Lipinski definition) is 5. The lowest BCUT2D eigenvalue weighted by atomic mass is 9.82. The third-order valence-electron chi connectivity index (χ3n) is 7.66. The Hall–Kier alpha value is -3.63. The van der Waals surface area contributed by atoms with Gasteiger partial charge >= 0.3 is 12.2 Å². The number of rotatable bonds is 4. The molecule has 2 atom stereocenters. The van der Waals surface area contributed by atoms with E-state index in [1.165, 1.54) is 6.20 Å². The first kappa shape index (κ1) is 22.8. The van der Waals surface area contributed by atoms with E-state index in [9.17, 15) is 18.0 Å². The fraction of sp³-hybridized carbons (Fsp3) is 0.440. The van der Waals surface area contributed by atoms with E-state index in [-0.39, 0.29) is 23.1 Å². The molecular weight excluding hydrogens is 471 g/mol. The molecule has 2 unspecified atom stereocenters. The van der Waals surface area contributed by atoms with Crippen LogP contribution in [0.1, 0.15) is 48.7 Å². The number of aryl methyl sites for hydroxylation is 1. The summed E-state index contributed by atoms with van der Waals surface area (Å²) >= 11 is 0. The summed E-state index contributed by atoms with van der Waals surface area (Å²) in [6.45, 7) is 1.79. The average molecular weight is 498 g/mol. The smallest absolute Gasteiger partial charge is 0.383 e. The van der Waals surface area contributed by atoms with Crippen LogP contribution in [0, 0.1) is 5.92 Å². The third kappa shape index (κ3) is 3.96. The minimum absolute atomic E-state index is 0.100. The van der Waals surface area contributed by atoms with E-state index in [0.717, 1.165) is 43.1 Å². The number of aromatic nitrogens is 4. The van der Waals surface area contributed by atoms with Crippen molar-refractivity contribution < 1.29 is 18.0 Å². The van der Waals surface area contributed by atoms with E-state index in [1.54, 1.807) is 6.20 Å². The van der Waals surface area contributed by atoms with E-state index in [1.807, 2.05) is 33.8 Å². The molecule has 1 aliphatic carbocycles. The highest BCUT2D eigenvalue weighted by molar-refractivity contribution is 5.75. The zero-order valence-corrected chi connectivity index (χ0v) is 19.5. The number of urea groups is 1. The van der Waals surface area contributed by atoms with Gasteiger partial charge < -0.3 is 16.0 Å². The molecule has 3 aromatic heterocycles. The van der Waals surface area contributed by atoms with Crippen LogP contribution in [0.3, 0.4) is 0 Å². The number of halogens is 3. The Kier molecular flexibility index (Phi) is 5.20. The summed E-state index contributed by atoms with van der Waals surface area (Å²) in [5, 5.41) is 7.76. The number of nitrogens with two attached hydrogens (primary N) is 1. The van der Waals surface area contributed by atoms with Gasteiger partial charge in [-0.25, -0.2) is 9.78 Å². The molecule has 3 aliphatic rings. The fourth-order valence-corrected chi connectivity index (χ4v) is 5.55. The number of nitrogens with zero attached hydrogens (tertiary/aromatic N) is 5. The lowest BCUT2D eigenvalue weighted by Crippen LogP contribution is -2.42. The Morgan fingerprint density at radius 2 is 1.97 bits per heavy atom. The molecule has 2 aliphatic heterocycles. The second-order valence-corrected chi connectivity index (χ2v) is 10.0. The van der Waals surface area contributed by atoms with Crippen molar-refractivity contribution in [3.05, 3.63) is 59.7 Å². The van der Waals surface area contributed by atoms with Gasteiger partial charge in [-0.05, 0) is 55.9 Å². The molecule has 0 bridgehead atoms. The zero-order chi connectivity index (χ0) is 25.1. The molecule has 1 saturated carbocycles. The summed E-state index contributed by atoms with van der Waals surface area (Å²) in [7, 11) is 0. The number of pyridine rings is 2. The summed E-state index contributed by atoms with van der Waals surface area (Å²) in [4.78, 5) is 23.3. The van der Waals surface area contributed by atoms with Gasteiger partial charge in [0.05, 0.1) is 23.0 Å². The number of fused-ring (bicyclic) bond motifs is 2. The van der Waals surface area contributed by atoms with Crippen molar-refractivity contribution in [2.75, 3.05) is 18.8 Å². The molecule has 2 fully saturated rings. The van der Waals surface area contributed by atoms with Gasteiger partial charge in [0.25, 0.3) is 0 Å². The maximum atomic E-state index is 13.3. The van der Waals surface area contributed by atoms with Crippen LogP contribution >= 0.6 is 0 Å². The summed E-state index contributed by atoms with van der Waals surface area (Å²) < 4.78 is 41.8. The average Bonchev–Trinajstić information content (AvgIpc) is 3.31. The summed E-state index contributed by atoms with van der Waals surface area (Å²) in [5.74, 6) is -0.145. The summed E-state index contributed by atoms with van der Waals surface area (Å²) in [5.41, 5.74) is 6.73. The molecule has 0 aromatic carbocycles. The number of anilines is 1. The zero-order valence-electron chi connectivity index (χ0n) is 19.5. The molecule has 36 heavy (non-hydrogen) atoms. The van der Waals surface area contributed by atoms with E-state index < -0.39 is 17.6 Å². The Morgan fingerprint density at radius 3 is 2.69 bits per heavy atom. The highest BCUT2D eigenvalue weighted by atomic mass is 19.4. The van der Waals surface area contributed by atoms with Gasteiger partial charge in [-0.2, -0.15) is 18.3 Å². The van der Waals surface area contributed by atoms with Gasteiger partial charge in [0.15, 0.2) is 0 Å². The first-order valence-corrected chi connectivity index (χ1v) is 12.1. The Balaban J connectivity index is 1.21. The molecule has 8 nitrogen and oxygen atoms in total. The molecule has 6 rings (SSSR count). The van der Waals surface area contributed by atoms with Crippen LogP contribution in [0.5, 0.6) is 0 Å². The number of carbonyl (C=O) groups excluding carboxylic acids is 1. The number of amides is 2. The van der Waals surface area contributed by atoms with Crippen molar-refractivity contribution in [1.29, 1.82) is 0 Å². The normalized spacial score (nSPS) is 22.1. The molecule has 0 radical (unpaired) electrons. The van der Waals surface area contributed by atoms with E-state index >= 15 is 0 Å².